The van der Waals surface area contributed by atoms with Gasteiger partial charge in [-0.3, -0.25) is 4.79 Å². The average molecular weight is 377 g/mol. The van der Waals surface area contributed by atoms with Crippen LogP contribution in [0, 0.1) is 5.92 Å². The van der Waals surface area contributed by atoms with Gasteiger partial charge in [0.25, 0.3) is 0 Å². The molecule has 0 aromatic rings. The molecule has 2 aliphatic heterocycles. The lowest BCUT2D eigenvalue weighted by Gasteiger charge is -2.33. The van der Waals surface area contributed by atoms with E-state index in [4.69, 9.17) is 0 Å². The maximum absolute atomic E-state index is 12.9. The van der Waals surface area contributed by atoms with E-state index in [1.54, 1.807) is 0 Å². The Labute approximate surface area is 163 Å². The van der Waals surface area contributed by atoms with Crippen molar-refractivity contribution in [2.24, 2.45) is 5.92 Å². The van der Waals surface area contributed by atoms with E-state index in [0.717, 1.165) is 51.7 Å². The summed E-state index contributed by atoms with van der Waals surface area (Å²) in [7, 11) is 0. The summed E-state index contributed by atoms with van der Waals surface area (Å²) in [5.41, 5.74) is 0. The first-order valence-electron chi connectivity index (χ1n) is 11.3. The van der Waals surface area contributed by atoms with Crippen molar-refractivity contribution in [3.8, 4) is 0 Å². The van der Waals surface area contributed by atoms with Gasteiger partial charge in [-0.1, -0.05) is 19.3 Å². The number of nitrogens with zero attached hydrogens (tertiary/aromatic N) is 3. The lowest BCUT2D eigenvalue weighted by Crippen LogP contribution is -2.49. The lowest BCUT2D eigenvalue weighted by molar-refractivity contribution is -0.135. The Morgan fingerprint density at radius 3 is 2.33 bits per heavy atom. The van der Waals surface area contributed by atoms with Crippen LogP contribution in [-0.2, 0) is 4.79 Å². The lowest BCUT2D eigenvalue weighted by atomic mass is 10.1. The van der Waals surface area contributed by atoms with Crippen LogP contribution < -0.4 is 5.32 Å². The zero-order valence-electron chi connectivity index (χ0n) is 16.7. The van der Waals surface area contributed by atoms with E-state index >= 15 is 0 Å². The zero-order valence-corrected chi connectivity index (χ0v) is 16.7. The Bertz CT molecular complexity index is 524. The minimum Gasteiger partial charge on any atom is -0.336 e. The standard InChI is InChI=1S/C21H36N4O2/c26-20(17-8-9-17)25(15-14-23-11-4-1-5-12-23)19-10-13-24(16-19)21(27)22-18-6-2-3-7-18/h17-19H,1-16H2,(H,22,27). The van der Waals surface area contributed by atoms with E-state index < -0.39 is 0 Å². The highest BCUT2D eigenvalue weighted by atomic mass is 16.2. The number of carbonyl (C=O) groups is 2. The second kappa shape index (κ2) is 8.80. The number of nitrogens with one attached hydrogen (secondary N) is 1. The second-order valence-electron chi connectivity index (χ2n) is 9.03. The minimum atomic E-state index is 0.0826. The Morgan fingerprint density at radius 2 is 1.63 bits per heavy atom. The number of piperidine rings is 1. The van der Waals surface area contributed by atoms with Gasteiger partial charge in [0.05, 0.1) is 6.04 Å². The number of hydrogen-bond donors (Lipinski definition) is 1. The van der Waals surface area contributed by atoms with E-state index in [-0.39, 0.29) is 18.0 Å². The monoisotopic (exact) mass is 376 g/mol. The largest absolute Gasteiger partial charge is 0.336 e. The van der Waals surface area contributed by atoms with Crippen LogP contribution in [0.2, 0.25) is 0 Å². The fraction of sp³-hybridized carbons (Fsp3) is 0.905. The molecule has 4 fully saturated rings. The summed E-state index contributed by atoms with van der Waals surface area (Å²) >= 11 is 0. The van der Waals surface area contributed by atoms with Gasteiger partial charge in [-0.2, -0.15) is 0 Å². The first-order valence-corrected chi connectivity index (χ1v) is 11.3. The Morgan fingerprint density at radius 1 is 0.889 bits per heavy atom. The van der Waals surface area contributed by atoms with E-state index in [1.165, 1.54) is 45.2 Å². The molecule has 6 nitrogen and oxygen atoms in total. The molecule has 0 bridgehead atoms. The number of likely N-dealkylation sites (tertiary alicyclic amines) is 2. The van der Waals surface area contributed by atoms with Crippen LogP contribution in [0.15, 0.2) is 0 Å². The first-order chi connectivity index (χ1) is 13.2. The second-order valence-corrected chi connectivity index (χ2v) is 9.03. The molecular weight excluding hydrogens is 340 g/mol. The zero-order chi connectivity index (χ0) is 18.6. The predicted octanol–water partition coefficient (Wildman–Crippen LogP) is 2.44. The molecule has 1 unspecified atom stereocenters. The molecular formula is C21H36N4O2. The maximum atomic E-state index is 12.9. The van der Waals surface area contributed by atoms with Gasteiger partial charge in [0, 0.05) is 38.1 Å². The highest BCUT2D eigenvalue weighted by Crippen LogP contribution is 2.33. The molecule has 2 aliphatic carbocycles. The third-order valence-electron chi connectivity index (χ3n) is 6.89. The molecule has 2 heterocycles. The Kier molecular flexibility index (Phi) is 6.21. The van der Waals surface area contributed by atoms with E-state index in [1.807, 2.05) is 4.90 Å². The summed E-state index contributed by atoms with van der Waals surface area (Å²) in [6.45, 7) is 5.65. The molecule has 152 valence electrons. The van der Waals surface area contributed by atoms with Crippen LogP contribution in [-0.4, -0.2) is 78.0 Å². The Balaban J connectivity index is 1.31. The molecule has 3 amide bonds. The minimum absolute atomic E-state index is 0.0826. The Hall–Kier alpha value is -1.30. The van der Waals surface area contributed by atoms with Gasteiger partial charge in [0.15, 0.2) is 0 Å². The van der Waals surface area contributed by atoms with Crippen molar-refractivity contribution in [1.82, 2.24) is 20.0 Å². The molecule has 1 N–H and O–H groups in total. The summed E-state index contributed by atoms with van der Waals surface area (Å²) in [5, 5.41) is 3.20. The third-order valence-corrected chi connectivity index (χ3v) is 6.89. The summed E-state index contributed by atoms with van der Waals surface area (Å²) in [5.74, 6) is 0.600. The number of carbonyl (C=O) groups excluding carboxylic acids is 2. The molecule has 6 heteroatoms. The SMILES string of the molecule is O=C(NC1CCCC1)N1CCC(N(CCN2CCCCC2)C(=O)C2CC2)C1. The van der Waals surface area contributed by atoms with E-state index in [2.05, 4.69) is 15.1 Å². The van der Waals surface area contributed by atoms with Gasteiger partial charge < -0.3 is 20.0 Å². The molecule has 2 saturated carbocycles. The van der Waals surface area contributed by atoms with Gasteiger partial charge in [0.1, 0.15) is 0 Å². The summed E-state index contributed by atoms with van der Waals surface area (Å²) in [6.07, 6.45) is 11.6. The van der Waals surface area contributed by atoms with Crippen molar-refractivity contribution >= 4 is 11.9 Å². The molecule has 0 aromatic heterocycles. The quantitative estimate of drug-likeness (QED) is 0.775. The van der Waals surface area contributed by atoms with Crippen LogP contribution >= 0.6 is 0 Å². The van der Waals surface area contributed by atoms with Crippen molar-refractivity contribution in [2.75, 3.05) is 39.3 Å². The highest BCUT2D eigenvalue weighted by Gasteiger charge is 2.39. The maximum Gasteiger partial charge on any atom is 0.317 e. The number of amides is 3. The number of hydrogen-bond acceptors (Lipinski definition) is 3. The number of rotatable bonds is 6. The van der Waals surface area contributed by atoms with Gasteiger partial charge in [0.2, 0.25) is 5.91 Å². The molecule has 4 rings (SSSR count). The van der Waals surface area contributed by atoms with Gasteiger partial charge >= 0.3 is 6.03 Å². The smallest absolute Gasteiger partial charge is 0.317 e. The van der Waals surface area contributed by atoms with Gasteiger partial charge in [-0.15, -0.1) is 0 Å². The van der Waals surface area contributed by atoms with Crippen molar-refractivity contribution < 1.29 is 9.59 Å². The molecule has 27 heavy (non-hydrogen) atoms. The predicted molar refractivity (Wildman–Crippen MR) is 105 cm³/mol. The molecule has 0 radical (unpaired) electrons. The first kappa shape index (κ1) is 19.0. The molecule has 0 aromatic carbocycles. The molecule has 1 atom stereocenters. The fourth-order valence-electron chi connectivity index (χ4n) is 4.99. The van der Waals surface area contributed by atoms with Gasteiger partial charge in [-0.05, 0) is 58.0 Å². The van der Waals surface area contributed by atoms with Crippen LogP contribution in [0.5, 0.6) is 0 Å². The van der Waals surface area contributed by atoms with Crippen LogP contribution in [0.1, 0.15) is 64.2 Å². The number of urea groups is 1. The topological polar surface area (TPSA) is 55.9 Å². The normalized spacial score (nSPS) is 27.1. The summed E-state index contributed by atoms with van der Waals surface area (Å²) in [4.78, 5) is 32.1. The van der Waals surface area contributed by atoms with Crippen LogP contribution in [0.3, 0.4) is 0 Å². The fourth-order valence-corrected chi connectivity index (χ4v) is 4.99. The summed E-state index contributed by atoms with van der Waals surface area (Å²) in [6, 6.07) is 0.649. The van der Waals surface area contributed by atoms with E-state index in [9.17, 15) is 9.59 Å². The van der Waals surface area contributed by atoms with Crippen molar-refractivity contribution in [2.45, 2.75) is 76.3 Å². The van der Waals surface area contributed by atoms with Crippen molar-refractivity contribution in [1.29, 1.82) is 0 Å². The van der Waals surface area contributed by atoms with Gasteiger partial charge in [-0.25, -0.2) is 4.79 Å². The summed E-state index contributed by atoms with van der Waals surface area (Å²) < 4.78 is 0. The molecule has 2 saturated heterocycles. The molecule has 0 spiro atoms. The molecule has 4 aliphatic rings. The van der Waals surface area contributed by atoms with Crippen molar-refractivity contribution in [3.05, 3.63) is 0 Å². The average Bonchev–Trinajstić information content (AvgIpc) is 3.20. The van der Waals surface area contributed by atoms with Crippen LogP contribution in [0.4, 0.5) is 4.79 Å². The third kappa shape index (κ3) is 4.95. The van der Waals surface area contributed by atoms with Crippen LogP contribution in [0.25, 0.3) is 0 Å². The van der Waals surface area contributed by atoms with E-state index in [0.29, 0.717) is 18.5 Å². The highest BCUT2D eigenvalue weighted by molar-refractivity contribution is 5.81. The van der Waals surface area contributed by atoms with Crippen molar-refractivity contribution in [3.63, 3.8) is 0 Å².